The van der Waals surface area contributed by atoms with E-state index in [0.29, 0.717) is 29.2 Å². The lowest BCUT2D eigenvalue weighted by atomic mass is 10.1. The van der Waals surface area contributed by atoms with Gasteiger partial charge >= 0.3 is 5.97 Å². The number of hydrogen-bond donors (Lipinski definition) is 2. The maximum absolute atomic E-state index is 11.8. The number of anilines is 1. The molecule has 0 bridgehead atoms. The summed E-state index contributed by atoms with van der Waals surface area (Å²) in [5.41, 5.74) is 6.87. The van der Waals surface area contributed by atoms with E-state index in [2.05, 4.69) is 5.32 Å². The van der Waals surface area contributed by atoms with Crippen LogP contribution in [0.3, 0.4) is 0 Å². The zero-order valence-electron chi connectivity index (χ0n) is 14.4. The Morgan fingerprint density at radius 1 is 1.04 bits per heavy atom. The first kappa shape index (κ1) is 18.2. The fourth-order valence-electron chi connectivity index (χ4n) is 2.48. The number of carbonyl (C=O) groups excluding carboxylic acids is 3. The van der Waals surface area contributed by atoms with E-state index >= 15 is 0 Å². The summed E-state index contributed by atoms with van der Waals surface area (Å²) in [6.45, 7) is -0.196. The molecule has 1 aliphatic heterocycles. The minimum Gasteiger partial charge on any atom is -0.456 e. The minimum absolute atomic E-state index is 0.139. The van der Waals surface area contributed by atoms with Gasteiger partial charge in [-0.25, -0.2) is 0 Å². The Hall–Kier alpha value is -3.55. The van der Waals surface area contributed by atoms with Crippen molar-refractivity contribution in [3.8, 4) is 11.5 Å². The van der Waals surface area contributed by atoms with E-state index in [4.69, 9.17) is 19.9 Å². The summed E-state index contributed by atoms with van der Waals surface area (Å²) >= 11 is 0. The molecule has 2 amide bonds. The molecule has 8 heteroatoms. The highest BCUT2D eigenvalue weighted by atomic mass is 16.7. The van der Waals surface area contributed by atoms with Gasteiger partial charge in [-0.2, -0.15) is 0 Å². The molecule has 3 N–H and O–H groups in total. The lowest BCUT2D eigenvalue weighted by Crippen LogP contribution is -2.21. The predicted molar refractivity (Wildman–Crippen MR) is 95.4 cm³/mol. The summed E-state index contributed by atoms with van der Waals surface area (Å²) in [5, 5.41) is 2.57. The number of nitrogens with two attached hydrogens (primary N) is 1. The van der Waals surface area contributed by atoms with Gasteiger partial charge in [0.1, 0.15) is 0 Å². The zero-order chi connectivity index (χ0) is 19.2. The first-order valence-electron chi connectivity index (χ1n) is 8.25. The van der Waals surface area contributed by atoms with Crippen LogP contribution in [-0.2, 0) is 20.7 Å². The molecule has 0 saturated carbocycles. The Morgan fingerprint density at radius 2 is 1.78 bits per heavy atom. The van der Waals surface area contributed by atoms with Gasteiger partial charge in [0, 0.05) is 17.7 Å². The molecule has 3 rings (SSSR count). The summed E-state index contributed by atoms with van der Waals surface area (Å²) in [7, 11) is 0. The van der Waals surface area contributed by atoms with E-state index in [-0.39, 0.29) is 13.2 Å². The molecule has 0 radical (unpaired) electrons. The van der Waals surface area contributed by atoms with Crippen molar-refractivity contribution in [2.24, 2.45) is 5.73 Å². The number of benzene rings is 2. The molecular weight excluding hydrogens is 352 g/mol. The van der Waals surface area contributed by atoms with Crippen LogP contribution in [0.2, 0.25) is 0 Å². The molecule has 27 heavy (non-hydrogen) atoms. The Bertz CT molecular complexity index is 863. The molecule has 0 spiro atoms. The van der Waals surface area contributed by atoms with Crippen LogP contribution < -0.4 is 20.5 Å². The first-order chi connectivity index (χ1) is 13.0. The van der Waals surface area contributed by atoms with Crippen LogP contribution in [0, 0.1) is 0 Å². The topological polar surface area (TPSA) is 117 Å². The molecule has 0 aromatic heterocycles. The van der Waals surface area contributed by atoms with Crippen molar-refractivity contribution >= 4 is 23.5 Å². The fourth-order valence-corrected chi connectivity index (χ4v) is 2.48. The SMILES string of the molecule is NC(=O)c1ccc(NC(=O)COC(=O)CCc2ccc3c(c2)OCO3)cc1. The lowest BCUT2D eigenvalue weighted by molar-refractivity contribution is -0.147. The summed E-state index contributed by atoms with van der Waals surface area (Å²) in [5.74, 6) is -0.168. The van der Waals surface area contributed by atoms with Crippen LogP contribution in [0.15, 0.2) is 42.5 Å². The van der Waals surface area contributed by atoms with Crippen LogP contribution in [0.5, 0.6) is 11.5 Å². The molecule has 0 atom stereocenters. The third-order valence-electron chi connectivity index (χ3n) is 3.87. The van der Waals surface area contributed by atoms with Gasteiger partial charge in [-0.05, 0) is 48.4 Å². The number of nitrogens with one attached hydrogen (secondary N) is 1. The number of aryl methyl sites for hydroxylation is 1. The second-order valence-corrected chi connectivity index (χ2v) is 5.84. The number of esters is 1. The molecular formula is C19H18N2O6. The Kier molecular flexibility index (Phi) is 5.55. The Labute approximate surface area is 155 Å². The molecule has 1 heterocycles. The van der Waals surface area contributed by atoms with E-state index in [1.165, 1.54) is 12.1 Å². The second-order valence-electron chi connectivity index (χ2n) is 5.84. The molecule has 0 aliphatic carbocycles. The molecule has 140 valence electrons. The van der Waals surface area contributed by atoms with Gasteiger partial charge < -0.3 is 25.3 Å². The van der Waals surface area contributed by atoms with E-state index in [1.54, 1.807) is 18.2 Å². The van der Waals surface area contributed by atoms with Crippen LogP contribution in [0.25, 0.3) is 0 Å². The van der Waals surface area contributed by atoms with Crippen LogP contribution >= 0.6 is 0 Å². The average Bonchev–Trinajstić information content (AvgIpc) is 3.13. The highest BCUT2D eigenvalue weighted by Gasteiger charge is 2.14. The molecule has 2 aromatic carbocycles. The Morgan fingerprint density at radius 3 is 2.52 bits per heavy atom. The van der Waals surface area contributed by atoms with Gasteiger partial charge in [0.2, 0.25) is 12.7 Å². The fraction of sp³-hybridized carbons (Fsp3) is 0.211. The van der Waals surface area contributed by atoms with Crippen molar-refractivity contribution in [2.45, 2.75) is 12.8 Å². The van der Waals surface area contributed by atoms with Gasteiger partial charge in [0.25, 0.3) is 5.91 Å². The van der Waals surface area contributed by atoms with Crippen molar-refractivity contribution in [2.75, 3.05) is 18.7 Å². The molecule has 0 fully saturated rings. The van der Waals surface area contributed by atoms with Gasteiger partial charge in [0.15, 0.2) is 18.1 Å². The molecule has 8 nitrogen and oxygen atoms in total. The third-order valence-corrected chi connectivity index (χ3v) is 3.87. The summed E-state index contributed by atoms with van der Waals surface area (Å²) in [6, 6.07) is 11.5. The van der Waals surface area contributed by atoms with Crippen molar-refractivity contribution in [3.63, 3.8) is 0 Å². The summed E-state index contributed by atoms with van der Waals surface area (Å²) in [4.78, 5) is 34.6. The summed E-state index contributed by atoms with van der Waals surface area (Å²) in [6.07, 6.45) is 0.603. The van der Waals surface area contributed by atoms with Crippen molar-refractivity contribution < 1.29 is 28.6 Å². The smallest absolute Gasteiger partial charge is 0.306 e. The van der Waals surface area contributed by atoms with Gasteiger partial charge in [-0.15, -0.1) is 0 Å². The van der Waals surface area contributed by atoms with Crippen molar-refractivity contribution in [3.05, 3.63) is 53.6 Å². The number of ether oxygens (including phenoxy) is 3. The third kappa shape index (κ3) is 4.97. The number of fused-ring (bicyclic) bond motifs is 1. The van der Waals surface area contributed by atoms with Crippen LogP contribution in [-0.4, -0.2) is 31.2 Å². The predicted octanol–water partition coefficient (Wildman–Crippen LogP) is 1.63. The molecule has 2 aromatic rings. The van der Waals surface area contributed by atoms with E-state index < -0.39 is 24.4 Å². The minimum atomic E-state index is -0.552. The molecule has 1 aliphatic rings. The number of carbonyl (C=O) groups is 3. The van der Waals surface area contributed by atoms with Crippen molar-refractivity contribution in [1.82, 2.24) is 0 Å². The maximum Gasteiger partial charge on any atom is 0.306 e. The number of amides is 2. The zero-order valence-corrected chi connectivity index (χ0v) is 14.4. The second kappa shape index (κ2) is 8.22. The lowest BCUT2D eigenvalue weighted by Gasteiger charge is -2.07. The molecule has 0 saturated heterocycles. The number of hydrogen-bond acceptors (Lipinski definition) is 6. The highest BCUT2D eigenvalue weighted by molar-refractivity contribution is 5.95. The largest absolute Gasteiger partial charge is 0.456 e. The van der Waals surface area contributed by atoms with Crippen LogP contribution in [0.1, 0.15) is 22.3 Å². The van der Waals surface area contributed by atoms with Gasteiger partial charge in [-0.3, -0.25) is 14.4 Å². The normalized spacial score (nSPS) is 11.7. The maximum atomic E-state index is 11.8. The van der Waals surface area contributed by atoms with E-state index in [9.17, 15) is 14.4 Å². The quantitative estimate of drug-likeness (QED) is 0.716. The van der Waals surface area contributed by atoms with Crippen molar-refractivity contribution in [1.29, 1.82) is 0 Å². The van der Waals surface area contributed by atoms with Crippen LogP contribution in [0.4, 0.5) is 5.69 Å². The summed E-state index contributed by atoms with van der Waals surface area (Å²) < 4.78 is 15.5. The Balaban J connectivity index is 1.40. The van der Waals surface area contributed by atoms with E-state index in [1.807, 2.05) is 12.1 Å². The monoisotopic (exact) mass is 370 g/mol. The highest BCUT2D eigenvalue weighted by Crippen LogP contribution is 2.32. The number of rotatable bonds is 7. The van der Waals surface area contributed by atoms with Gasteiger partial charge in [0.05, 0.1) is 0 Å². The first-order valence-corrected chi connectivity index (χ1v) is 8.25. The van der Waals surface area contributed by atoms with Gasteiger partial charge in [-0.1, -0.05) is 6.07 Å². The molecule has 0 unspecified atom stereocenters. The number of primary amides is 1. The van der Waals surface area contributed by atoms with E-state index in [0.717, 1.165) is 5.56 Å². The standard InChI is InChI=1S/C19H18N2O6/c20-19(24)13-3-5-14(6-4-13)21-17(22)10-25-18(23)8-2-12-1-7-15-16(9-12)27-11-26-15/h1,3-7,9H,2,8,10-11H2,(H2,20,24)(H,21,22). The average molecular weight is 370 g/mol.